The van der Waals surface area contributed by atoms with Crippen molar-refractivity contribution in [3.8, 4) is 5.75 Å². The lowest BCUT2D eigenvalue weighted by Gasteiger charge is -2.29. The molecule has 2 saturated heterocycles. The van der Waals surface area contributed by atoms with Gasteiger partial charge in [0.05, 0.1) is 36.4 Å². The number of nitrogens with one attached hydrogen (secondary N) is 1. The average Bonchev–Trinajstić information content (AvgIpc) is 3.17. The van der Waals surface area contributed by atoms with E-state index in [1.165, 1.54) is 24.0 Å². The van der Waals surface area contributed by atoms with Crippen molar-refractivity contribution in [3.05, 3.63) is 18.2 Å². The second-order valence-electron chi connectivity index (χ2n) is 6.54. The zero-order chi connectivity index (χ0) is 18.5. The molecule has 0 bridgehead atoms. The third-order valence-corrected chi connectivity index (χ3v) is 6.31. The Labute approximate surface area is 150 Å². The van der Waals surface area contributed by atoms with E-state index in [1.807, 2.05) is 0 Å². The molecule has 26 heavy (non-hydrogen) atoms. The number of amides is 1. The molecule has 3 heterocycles. The Morgan fingerprint density at radius 1 is 1.27 bits per heavy atom. The van der Waals surface area contributed by atoms with Crippen molar-refractivity contribution in [2.24, 2.45) is 0 Å². The van der Waals surface area contributed by atoms with Crippen LogP contribution in [-0.2, 0) is 24.3 Å². The van der Waals surface area contributed by atoms with Crippen molar-refractivity contribution in [3.63, 3.8) is 0 Å². The highest BCUT2D eigenvalue weighted by Crippen LogP contribution is 2.34. The Morgan fingerprint density at radius 2 is 2.04 bits per heavy atom. The zero-order valence-electron chi connectivity index (χ0n) is 14.1. The van der Waals surface area contributed by atoms with Crippen molar-refractivity contribution < 1.29 is 32.5 Å². The number of anilines is 1. The Morgan fingerprint density at radius 3 is 2.81 bits per heavy atom. The van der Waals surface area contributed by atoms with Crippen LogP contribution in [0.25, 0.3) is 0 Å². The topological polar surface area (TPSA) is 114 Å². The van der Waals surface area contributed by atoms with Crippen LogP contribution in [0.5, 0.6) is 5.75 Å². The number of aliphatic hydroxyl groups is 1. The van der Waals surface area contributed by atoms with Gasteiger partial charge in [0, 0.05) is 6.92 Å². The van der Waals surface area contributed by atoms with Crippen molar-refractivity contribution in [2.45, 2.75) is 36.2 Å². The van der Waals surface area contributed by atoms with E-state index in [1.54, 1.807) is 6.07 Å². The second-order valence-corrected chi connectivity index (χ2v) is 8.25. The molecule has 3 aliphatic rings. The Balaban J connectivity index is 1.59. The summed E-state index contributed by atoms with van der Waals surface area (Å²) in [4.78, 5) is 13.3. The van der Waals surface area contributed by atoms with Crippen LogP contribution in [0, 0.1) is 0 Å². The lowest BCUT2D eigenvalue weighted by Crippen LogP contribution is -2.44. The maximum Gasteiger partial charge on any atom is 0.241 e. The van der Waals surface area contributed by atoms with Crippen molar-refractivity contribution >= 4 is 21.6 Å². The minimum atomic E-state index is -3.87. The first kappa shape index (κ1) is 17.7. The Kier molecular flexibility index (Phi) is 4.40. The summed E-state index contributed by atoms with van der Waals surface area (Å²) >= 11 is 0. The van der Waals surface area contributed by atoms with Gasteiger partial charge in [-0.05, 0) is 18.2 Å². The third kappa shape index (κ3) is 2.97. The lowest BCUT2D eigenvalue weighted by molar-refractivity contribution is -0.116. The van der Waals surface area contributed by atoms with E-state index in [4.69, 9.17) is 14.2 Å². The van der Waals surface area contributed by atoms with Crippen LogP contribution >= 0.6 is 0 Å². The summed E-state index contributed by atoms with van der Waals surface area (Å²) in [6.07, 6.45) is -1.79. The number of ether oxygens (including phenoxy) is 3. The largest absolute Gasteiger partial charge is 0.490 e. The van der Waals surface area contributed by atoms with Crippen LogP contribution in [0.3, 0.4) is 0 Å². The normalized spacial score (nSPS) is 30.6. The first-order chi connectivity index (χ1) is 12.4. The first-order valence-corrected chi connectivity index (χ1v) is 9.84. The van der Waals surface area contributed by atoms with Crippen LogP contribution in [0.4, 0.5) is 5.69 Å². The summed E-state index contributed by atoms with van der Waals surface area (Å²) in [5.74, 6) is 0.286. The highest BCUT2D eigenvalue weighted by Gasteiger charge is 2.48. The third-order valence-electron chi connectivity index (χ3n) is 4.82. The van der Waals surface area contributed by atoms with Crippen molar-refractivity contribution in [1.29, 1.82) is 0 Å². The van der Waals surface area contributed by atoms with Crippen LogP contribution in [0.15, 0.2) is 23.1 Å². The number of rotatable bonds is 3. The number of sulfonamides is 1. The van der Waals surface area contributed by atoms with Gasteiger partial charge in [-0.3, -0.25) is 4.79 Å². The molecule has 4 rings (SSSR count). The molecular formula is C16H20N2O7S. The van der Waals surface area contributed by atoms with Crippen LogP contribution < -0.4 is 14.4 Å². The van der Waals surface area contributed by atoms with E-state index in [-0.39, 0.29) is 24.0 Å². The van der Waals surface area contributed by atoms with Crippen LogP contribution in [-0.4, -0.2) is 70.2 Å². The quantitative estimate of drug-likeness (QED) is 0.704. The summed E-state index contributed by atoms with van der Waals surface area (Å²) in [5.41, 5.74) is 0.430. The molecule has 4 atom stereocenters. The van der Waals surface area contributed by atoms with Gasteiger partial charge in [0.2, 0.25) is 15.9 Å². The van der Waals surface area contributed by atoms with E-state index >= 15 is 0 Å². The molecule has 1 amide bonds. The number of carbonyl (C=O) groups is 1. The molecule has 2 fully saturated rings. The molecule has 0 radical (unpaired) electrons. The summed E-state index contributed by atoms with van der Waals surface area (Å²) in [6, 6.07) is 3.82. The number of hydrogen-bond donors (Lipinski definition) is 2. The number of benzene rings is 1. The highest BCUT2D eigenvalue weighted by atomic mass is 32.2. The van der Waals surface area contributed by atoms with E-state index in [2.05, 4.69) is 4.72 Å². The molecule has 10 heteroatoms. The Bertz CT molecular complexity index is 828. The van der Waals surface area contributed by atoms with Crippen molar-refractivity contribution in [1.82, 2.24) is 4.72 Å². The summed E-state index contributed by atoms with van der Waals surface area (Å²) in [7, 11) is -3.87. The lowest BCUT2D eigenvalue weighted by atomic mass is 10.1. The average molecular weight is 384 g/mol. The smallest absolute Gasteiger partial charge is 0.241 e. The fourth-order valence-electron chi connectivity index (χ4n) is 3.54. The minimum Gasteiger partial charge on any atom is -0.490 e. The van der Waals surface area contributed by atoms with Gasteiger partial charge >= 0.3 is 0 Å². The SMILES string of the molecule is CC(=O)N1CCOc2ccc(S(=O)(=O)N[C@@H]3CO[C@H]4[C@@H]3OC[C@H]4O)cc21. The number of fused-ring (bicyclic) bond motifs is 2. The van der Waals surface area contributed by atoms with Gasteiger partial charge in [0.25, 0.3) is 0 Å². The monoisotopic (exact) mass is 384 g/mol. The second kappa shape index (κ2) is 6.46. The maximum atomic E-state index is 12.8. The number of hydrogen-bond acceptors (Lipinski definition) is 7. The van der Waals surface area contributed by atoms with E-state index < -0.39 is 34.4 Å². The van der Waals surface area contributed by atoms with Gasteiger partial charge in [-0.25, -0.2) is 13.1 Å². The van der Waals surface area contributed by atoms with Gasteiger partial charge in [-0.1, -0.05) is 0 Å². The summed E-state index contributed by atoms with van der Waals surface area (Å²) in [6.45, 7) is 2.40. The number of aliphatic hydroxyl groups excluding tert-OH is 1. The highest BCUT2D eigenvalue weighted by molar-refractivity contribution is 7.89. The molecule has 1 aromatic carbocycles. The van der Waals surface area contributed by atoms with Gasteiger partial charge in [0.15, 0.2) is 0 Å². The Hall–Kier alpha value is -1.72. The molecule has 0 aromatic heterocycles. The van der Waals surface area contributed by atoms with Gasteiger partial charge in [0.1, 0.15) is 30.7 Å². The molecule has 0 unspecified atom stereocenters. The predicted octanol–water partition coefficient (Wildman–Crippen LogP) is -0.763. The van der Waals surface area contributed by atoms with Gasteiger partial charge < -0.3 is 24.2 Å². The first-order valence-electron chi connectivity index (χ1n) is 8.35. The predicted molar refractivity (Wildman–Crippen MR) is 89.6 cm³/mol. The molecule has 2 N–H and O–H groups in total. The molecule has 3 aliphatic heterocycles. The standard InChI is InChI=1S/C16H20N2O7S/c1-9(19)18-4-5-23-14-3-2-10(6-12(14)18)26(21,22)17-11-7-24-16-13(20)8-25-15(11)16/h2-3,6,11,13,15-17,20H,4-5,7-8H2,1H3/t11-,13-,15-,16-/m1/s1. The zero-order valence-corrected chi connectivity index (χ0v) is 14.9. The van der Waals surface area contributed by atoms with E-state index in [0.29, 0.717) is 24.6 Å². The minimum absolute atomic E-state index is 0.0231. The molecular weight excluding hydrogens is 364 g/mol. The van der Waals surface area contributed by atoms with Crippen LogP contribution in [0.1, 0.15) is 6.92 Å². The fraction of sp³-hybridized carbons (Fsp3) is 0.562. The van der Waals surface area contributed by atoms with Gasteiger partial charge in [-0.2, -0.15) is 0 Å². The van der Waals surface area contributed by atoms with E-state index in [0.717, 1.165) is 0 Å². The molecule has 0 spiro atoms. The maximum absolute atomic E-state index is 12.8. The number of carbonyl (C=O) groups excluding carboxylic acids is 1. The van der Waals surface area contributed by atoms with E-state index in [9.17, 15) is 18.3 Å². The molecule has 1 aromatic rings. The molecule has 9 nitrogen and oxygen atoms in total. The van der Waals surface area contributed by atoms with Crippen LogP contribution in [0.2, 0.25) is 0 Å². The number of nitrogens with zero attached hydrogens (tertiary/aromatic N) is 1. The summed E-state index contributed by atoms with van der Waals surface area (Å²) < 4.78 is 44.6. The van der Waals surface area contributed by atoms with Crippen molar-refractivity contribution in [2.75, 3.05) is 31.3 Å². The fourth-order valence-corrected chi connectivity index (χ4v) is 4.79. The van der Waals surface area contributed by atoms with Gasteiger partial charge in [-0.15, -0.1) is 0 Å². The molecule has 0 saturated carbocycles. The summed E-state index contributed by atoms with van der Waals surface area (Å²) in [5, 5.41) is 9.77. The molecule has 0 aliphatic carbocycles. The molecule has 142 valence electrons.